The molecule has 1 aromatic heterocycles. The molecule has 0 radical (unpaired) electrons. The predicted octanol–water partition coefficient (Wildman–Crippen LogP) is 2.22. The fraction of sp³-hybridized carbons (Fsp3) is 0.571. The van der Waals surface area contributed by atoms with Gasteiger partial charge in [0.05, 0.1) is 0 Å². The molecule has 1 rings (SSSR count). The van der Waals surface area contributed by atoms with Crippen molar-refractivity contribution in [2.75, 3.05) is 0 Å². The smallest absolute Gasteiger partial charge is 0.0487 e. The van der Waals surface area contributed by atoms with Crippen molar-refractivity contribution in [1.29, 1.82) is 0 Å². The Balaban J connectivity index is 0.000000148. The van der Waals surface area contributed by atoms with Crippen molar-refractivity contribution >= 4 is 0 Å². The van der Waals surface area contributed by atoms with Gasteiger partial charge in [-0.25, -0.2) is 0 Å². The van der Waals surface area contributed by atoms with Crippen LogP contribution in [-0.4, -0.2) is 10.2 Å². The monoisotopic (exact) mass is 126 g/mol. The molecule has 0 fully saturated rings. The molecule has 0 unspecified atom stereocenters. The van der Waals surface area contributed by atoms with Gasteiger partial charge in [-0.05, 0) is 6.07 Å². The van der Waals surface area contributed by atoms with Crippen molar-refractivity contribution in [3.63, 3.8) is 0 Å². The lowest BCUT2D eigenvalue weighted by molar-refractivity contribution is 0.886. The maximum Gasteiger partial charge on any atom is 0.0487 e. The maximum atomic E-state index is 3.60. The molecule has 0 spiro atoms. The van der Waals surface area contributed by atoms with Crippen LogP contribution in [0.15, 0.2) is 18.5 Å². The highest BCUT2D eigenvalue weighted by Crippen LogP contribution is 1.76. The van der Waals surface area contributed by atoms with Crippen LogP contribution < -0.4 is 0 Å². The van der Waals surface area contributed by atoms with Gasteiger partial charge in [-0.2, -0.15) is 5.10 Å². The number of aromatic amines is 1. The lowest BCUT2D eigenvalue weighted by Crippen LogP contribution is -1.53. The lowest BCUT2D eigenvalue weighted by Gasteiger charge is -1.68. The Bertz CT molecular complexity index is 82.4. The standard InChI is InChI=1S/C4H10.C3H4N2/c1-3-4-2;1-2-4-5-3-1/h3-4H2,1-2H3;1-3H,(H,4,5). The van der Waals surface area contributed by atoms with Crippen molar-refractivity contribution in [3.8, 4) is 0 Å². The van der Waals surface area contributed by atoms with E-state index in [4.69, 9.17) is 0 Å². The van der Waals surface area contributed by atoms with Gasteiger partial charge in [0.25, 0.3) is 0 Å². The molecule has 0 amide bonds. The van der Waals surface area contributed by atoms with E-state index in [2.05, 4.69) is 24.0 Å². The SMILES string of the molecule is CCCC.c1cn[nH]c1. The van der Waals surface area contributed by atoms with Gasteiger partial charge < -0.3 is 0 Å². The summed E-state index contributed by atoms with van der Waals surface area (Å²) in [6.07, 6.45) is 6.10. The normalized spacial score (nSPS) is 7.78. The van der Waals surface area contributed by atoms with Gasteiger partial charge in [-0.3, -0.25) is 5.10 Å². The van der Waals surface area contributed by atoms with Gasteiger partial charge in [-0.15, -0.1) is 0 Å². The van der Waals surface area contributed by atoms with E-state index in [-0.39, 0.29) is 0 Å². The number of rotatable bonds is 1. The lowest BCUT2D eigenvalue weighted by atomic mass is 10.4. The zero-order chi connectivity index (χ0) is 6.95. The number of nitrogens with zero attached hydrogens (tertiary/aromatic N) is 1. The predicted molar refractivity (Wildman–Crippen MR) is 39.2 cm³/mol. The molecule has 0 bridgehead atoms. The summed E-state index contributed by atoms with van der Waals surface area (Å²) in [5.74, 6) is 0. The first-order valence-electron chi connectivity index (χ1n) is 3.35. The molecule has 52 valence electrons. The Morgan fingerprint density at radius 3 is 2.11 bits per heavy atom. The second-order valence-corrected chi connectivity index (χ2v) is 1.77. The molecule has 0 saturated heterocycles. The first kappa shape index (κ1) is 8.21. The van der Waals surface area contributed by atoms with Crippen LogP contribution in [0.1, 0.15) is 26.7 Å². The molecular formula is C7H14N2. The average Bonchev–Trinajstić information content (AvgIpc) is 2.43. The molecule has 0 atom stereocenters. The molecule has 1 heterocycles. The van der Waals surface area contributed by atoms with E-state index in [1.165, 1.54) is 12.8 Å². The van der Waals surface area contributed by atoms with Crippen LogP contribution in [0.25, 0.3) is 0 Å². The second-order valence-electron chi connectivity index (χ2n) is 1.77. The third-order valence-electron chi connectivity index (χ3n) is 0.906. The summed E-state index contributed by atoms with van der Waals surface area (Å²) in [6.45, 7) is 4.36. The molecule has 1 N–H and O–H groups in total. The number of hydrogen-bond donors (Lipinski definition) is 1. The largest absolute Gasteiger partial charge is 0.286 e. The first-order chi connectivity index (χ1) is 4.41. The summed E-state index contributed by atoms with van der Waals surface area (Å²) in [6, 6.07) is 1.83. The Labute approximate surface area is 56.3 Å². The number of nitrogens with one attached hydrogen (secondary N) is 1. The minimum atomic E-state index is 1.32. The van der Waals surface area contributed by atoms with E-state index in [0.717, 1.165) is 0 Å². The Kier molecular flexibility index (Phi) is 6.58. The van der Waals surface area contributed by atoms with Crippen molar-refractivity contribution in [1.82, 2.24) is 10.2 Å². The molecule has 0 aromatic carbocycles. The van der Waals surface area contributed by atoms with Crippen LogP contribution in [-0.2, 0) is 0 Å². The van der Waals surface area contributed by atoms with Gasteiger partial charge >= 0.3 is 0 Å². The number of hydrogen-bond acceptors (Lipinski definition) is 1. The van der Waals surface area contributed by atoms with E-state index >= 15 is 0 Å². The summed E-state index contributed by atoms with van der Waals surface area (Å²) in [5.41, 5.74) is 0. The third-order valence-corrected chi connectivity index (χ3v) is 0.906. The zero-order valence-corrected chi connectivity index (χ0v) is 6.09. The second kappa shape index (κ2) is 7.21. The molecule has 2 heteroatoms. The molecular weight excluding hydrogens is 112 g/mol. The van der Waals surface area contributed by atoms with Crippen LogP contribution in [0.2, 0.25) is 0 Å². The Morgan fingerprint density at radius 2 is 2.00 bits per heavy atom. The zero-order valence-electron chi connectivity index (χ0n) is 6.09. The van der Waals surface area contributed by atoms with Crippen LogP contribution in [0.5, 0.6) is 0 Å². The summed E-state index contributed by atoms with van der Waals surface area (Å²) < 4.78 is 0. The average molecular weight is 126 g/mol. The Hall–Kier alpha value is -0.790. The van der Waals surface area contributed by atoms with E-state index in [1.54, 1.807) is 12.4 Å². The maximum absolute atomic E-state index is 3.60. The minimum Gasteiger partial charge on any atom is -0.286 e. The van der Waals surface area contributed by atoms with E-state index in [0.29, 0.717) is 0 Å². The Morgan fingerprint density at radius 1 is 1.33 bits per heavy atom. The highest BCUT2D eigenvalue weighted by Gasteiger charge is 1.57. The van der Waals surface area contributed by atoms with E-state index in [9.17, 15) is 0 Å². The van der Waals surface area contributed by atoms with Crippen LogP contribution in [0, 0.1) is 0 Å². The summed E-state index contributed by atoms with van der Waals surface area (Å²) in [5, 5.41) is 6.21. The van der Waals surface area contributed by atoms with Crippen molar-refractivity contribution < 1.29 is 0 Å². The fourth-order valence-electron chi connectivity index (χ4n) is 0.215. The summed E-state index contributed by atoms with van der Waals surface area (Å²) in [7, 11) is 0. The van der Waals surface area contributed by atoms with Crippen LogP contribution in [0.4, 0.5) is 0 Å². The van der Waals surface area contributed by atoms with Crippen LogP contribution in [0.3, 0.4) is 0 Å². The van der Waals surface area contributed by atoms with E-state index in [1.807, 2.05) is 6.07 Å². The molecule has 9 heavy (non-hydrogen) atoms. The molecule has 0 aliphatic rings. The van der Waals surface area contributed by atoms with E-state index < -0.39 is 0 Å². The molecule has 1 aromatic rings. The highest BCUT2D eigenvalue weighted by atomic mass is 15.1. The third kappa shape index (κ3) is 7.21. The first-order valence-corrected chi connectivity index (χ1v) is 3.35. The fourth-order valence-corrected chi connectivity index (χ4v) is 0.215. The number of aromatic nitrogens is 2. The summed E-state index contributed by atoms with van der Waals surface area (Å²) in [4.78, 5) is 0. The van der Waals surface area contributed by atoms with Gasteiger partial charge in [0.1, 0.15) is 0 Å². The molecule has 0 aliphatic carbocycles. The van der Waals surface area contributed by atoms with Crippen molar-refractivity contribution in [2.24, 2.45) is 0 Å². The minimum absolute atomic E-state index is 1.32. The van der Waals surface area contributed by atoms with Crippen LogP contribution >= 0.6 is 0 Å². The van der Waals surface area contributed by atoms with Crippen molar-refractivity contribution in [3.05, 3.63) is 18.5 Å². The van der Waals surface area contributed by atoms with Gasteiger partial charge in [-0.1, -0.05) is 26.7 Å². The van der Waals surface area contributed by atoms with Crippen molar-refractivity contribution in [2.45, 2.75) is 26.7 Å². The molecule has 2 nitrogen and oxygen atoms in total. The quantitative estimate of drug-likeness (QED) is 0.614. The molecule has 0 saturated carbocycles. The number of H-pyrrole nitrogens is 1. The van der Waals surface area contributed by atoms with Gasteiger partial charge in [0, 0.05) is 12.4 Å². The topological polar surface area (TPSA) is 28.7 Å². The highest BCUT2D eigenvalue weighted by molar-refractivity contribution is 4.72. The van der Waals surface area contributed by atoms with Gasteiger partial charge in [0.15, 0.2) is 0 Å². The molecule has 0 aliphatic heterocycles. The van der Waals surface area contributed by atoms with Gasteiger partial charge in [0.2, 0.25) is 0 Å². The number of unbranched alkanes of at least 4 members (excludes halogenated alkanes) is 1. The summed E-state index contributed by atoms with van der Waals surface area (Å²) >= 11 is 0.